The van der Waals surface area contributed by atoms with Gasteiger partial charge >= 0.3 is 0 Å². The molecule has 0 fully saturated rings. The highest BCUT2D eigenvalue weighted by atomic mass is 16.2. The molecule has 0 amide bonds. The first-order valence-electron chi connectivity index (χ1n) is 3.42. The van der Waals surface area contributed by atoms with Crippen molar-refractivity contribution in [2.45, 2.75) is 6.32 Å². The second-order valence-corrected chi connectivity index (χ2v) is 2.13. The molecule has 1 aromatic rings. The van der Waals surface area contributed by atoms with Crippen LogP contribution >= 0.6 is 0 Å². The minimum atomic E-state index is 0.231. The van der Waals surface area contributed by atoms with Gasteiger partial charge in [-0.15, -0.1) is 0 Å². The SMILES string of the molecule is OCC[B]c1ccccc1. The first-order valence-corrected chi connectivity index (χ1v) is 3.42. The van der Waals surface area contributed by atoms with Gasteiger partial charge in [0.2, 0.25) is 0 Å². The van der Waals surface area contributed by atoms with Gasteiger partial charge in [0.25, 0.3) is 0 Å². The highest BCUT2D eigenvalue weighted by molar-refractivity contribution is 6.53. The summed E-state index contributed by atoms with van der Waals surface area (Å²) in [6.07, 6.45) is 0.740. The van der Waals surface area contributed by atoms with Crippen molar-refractivity contribution < 1.29 is 5.11 Å². The molecule has 51 valence electrons. The van der Waals surface area contributed by atoms with Crippen molar-refractivity contribution in [1.82, 2.24) is 0 Å². The van der Waals surface area contributed by atoms with Crippen LogP contribution in [0.3, 0.4) is 0 Å². The zero-order valence-corrected chi connectivity index (χ0v) is 5.83. The molecule has 0 unspecified atom stereocenters. The number of benzene rings is 1. The number of hydrogen-bond donors (Lipinski definition) is 1. The number of rotatable bonds is 3. The Balaban J connectivity index is 2.43. The normalized spacial score (nSPS) is 9.30. The fourth-order valence-corrected chi connectivity index (χ4v) is 0.820. The molecule has 0 heterocycles. The maximum Gasteiger partial charge on any atom is 0.153 e. The summed E-state index contributed by atoms with van der Waals surface area (Å²) in [5.41, 5.74) is 1.18. The average Bonchev–Trinajstić information content (AvgIpc) is 2.03. The molecular formula is C8H10BO. The van der Waals surface area contributed by atoms with Crippen molar-refractivity contribution in [3.05, 3.63) is 30.3 Å². The molecule has 2 heteroatoms. The van der Waals surface area contributed by atoms with Crippen LogP contribution in [0.2, 0.25) is 6.32 Å². The van der Waals surface area contributed by atoms with Crippen LogP contribution < -0.4 is 5.46 Å². The molecule has 0 aliphatic carbocycles. The van der Waals surface area contributed by atoms with Crippen molar-refractivity contribution in [3.63, 3.8) is 0 Å². The Morgan fingerprint density at radius 2 is 1.90 bits per heavy atom. The van der Waals surface area contributed by atoms with Crippen LogP contribution in [0, 0.1) is 0 Å². The fourth-order valence-electron chi connectivity index (χ4n) is 0.820. The minimum Gasteiger partial charge on any atom is -0.397 e. The predicted molar refractivity (Wildman–Crippen MR) is 43.7 cm³/mol. The maximum absolute atomic E-state index is 8.50. The smallest absolute Gasteiger partial charge is 0.153 e. The van der Waals surface area contributed by atoms with Crippen LogP contribution in [0.5, 0.6) is 0 Å². The van der Waals surface area contributed by atoms with Crippen molar-refractivity contribution in [1.29, 1.82) is 0 Å². The molecule has 1 radical (unpaired) electrons. The second kappa shape index (κ2) is 4.12. The van der Waals surface area contributed by atoms with Crippen LogP contribution in [0.4, 0.5) is 0 Å². The molecule has 0 saturated carbocycles. The number of aliphatic hydroxyl groups excluding tert-OH is 1. The lowest BCUT2D eigenvalue weighted by atomic mass is 9.68. The molecule has 0 aromatic heterocycles. The Morgan fingerprint density at radius 1 is 1.20 bits per heavy atom. The monoisotopic (exact) mass is 133 g/mol. The third-order valence-electron chi connectivity index (χ3n) is 1.31. The Hall–Kier alpha value is -0.755. The summed E-state index contributed by atoms with van der Waals surface area (Å²) in [5, 5.41) is 8.50. The Morgan fingerprint density at radius 3 is 2.50 bits per heavy atom. The summed E-state index contributed by atoms with van der Waals surface area (Å²) < 4.78 is 0. The summed E-state index contributed by atoms with van der Waals surface area (Å²) in [4.78, 5) is 0. The van der Waals surface area contributed by atoms with E-state index in [0.717, 1.165) is 6.32 Å². The van der Waals surface area contributed by atoms with Gasteiger partial charge in [-0.05, 0) is 0 Å². The summed E-state index contributed by atoms with van der Waals surface area (Å²) in [6, 6.07) is 10.0. The lowest BCUT2D eigenvalue weighted by Gasteiger charge is -1.94. The second-order valence-electron chi connectivity index (χ2n) is 2.13. The van der Waals surface area contributed by atoms with Gasteiger partial charge < -0.3 is 5.11 Å². The molecule has 0 aliphatic heterocycles. The Labute approximate surface area is 61.9 Å². The largest absolute Gasteiger partial charge is 0.397 e. The molecule has 1 N–H and O–H groups in total. The molecule has 1 rings (SSSR count). The van der Waals surface area contributed by atoms with E-state index >= 15 is 0 Å². The standard InChI is InChI=1S/C8H10BO/c10-7-6-9-8-4-2-1-3-5-8/h1-5,10H,6-7H2. The topological polar surface area (TPSA) is 20.2 Å². The zero-order valence-electron chi connectivity index (χ0n) is 5.83. The van der Waals surface area contributed by atoms with Crippen LogP contribution in [-0.2, 0) is 0 Å². The molecule has 0 bridgehead atoms. The highest BCUT2D eigenvalue weighted by Crippen LogP contribution is 1.83. The van der Waals surface area contributed by atoms with Crippen LogP contribution in [-0.4, -0.2) is 19.0 Å². The quantitative estimate of drug-likeness (QED) is 0.592. The van der Waals surface area contributed by atoms with E-state index in [1.165, 1.54) is 5.46 Å². The van der Waals surface area contributed by atoms with Gasteiger partial charge in [0.15, 0.2) is 7.28 Å². The summed E-state index contributed by atoms with van der Waals surface area (Å²) in [6.45, 7) is 0.231. The van der Waals surface area contributed by atoms with E-state index in [1.807, 2.05) is 37.6 Å². The molecular weight excluding hydrogens is 123 g/mol. The van der Waals surface area contributed by atoms with E-state index in [-0.39, 0.29) is 6.61 Å². The molecule has 0 aliphatic rings. The van der Waals surface area contributed by atoms with Gasteiger partial charge in [-0.1, -0.05) is 42.1 Å². The van der Waals surface area contributed by atoms with Gasteiger partial charge in [-0.3, -0.25) is 0 Å². The third kappa shape index (κ3) is 2.23. The maximum atomic E-state index is 8.50. The lowest BCUT2D eigenvalue weighted by Crippen LogP contribution is -2.13. The average molecular weight is 133 g/mol. The molecule has 1 aromatic carbocycles. The van der Waals surface area contributed by atoms with Gasteiger partial charge in [-0.2, -0.15) is 0 Å². The number of aliphatic hydroxyl groups is 1. The zero-order chi connectivity index (χ0) is 7.23. The van der Waals surface area contributed by atoms with Crippen molar-refractivity contribution in [2.24, 2.45) is 0 Å². The van der Waals surface area contributed by atoms with Gasteiger partial charge in [0.1, 0.15) is 0 Å². The first kappa shape index (κ1) is 7.35. The minimum absolute atomic E-state index is 0.231. The van der Waals surface area contributed by atoms with Crippen LogP contribution in [0.25, 0.3) is 0 Å². The van der Waals surface area contributed by atoms with E-state index in [1.54, 1.807) is 0 Å². The molecule has 1 nitrogen and oxygen atoms in total. The van der Waals surface area contributed by atoms with Crippen LogP contribution in [0.1, 0.15) is 0 Å². The van der Waals surface area contributed by atoms with Crippen LogP contribution in [0.15, 0.2) is 30.3 Å². The van der Waals surface area contributed by atoms with Crippen molar-refractivity contribution >= 4 is 12.7 Å². The number of hydrogen-bond acceptors (Lipinski definition) is 1. The van der Waals surface area contributed by atoms with E-state index in [9.17, 15) is 0 Å². The first-order chi connectivity index (χ1) is 4.93. The summed E-state index contributed by atoms with van der Waals surface area (Å²) in [5.74, 6) is 0. The predicted octanol–water partition coefficient (Wildman–Crippen LogP) is 0.427. The van der Waals surface area contributed by atoms with Crippen molar-refractivity contribution in [3.8, 4) is 0 Å². The van der Waals surface area contributed by atoms with Gasteiger partial charge in [0.05, 0.1) is 0 Å². The van der Waals surface area contributed by atoms with E-state index in [0.29, 0.717) is 0 Å². The van der Waals surface area contributed by atoms with Crippen molar-refractivity contribution in [2.75, 3.05) is 6.61 Å². The highest BCUT2D eigenvalue weighted by Gasteiger charge is 1.90. The van der Waals surface area contributed by atoms with E-state index in [2.05, 4.69) is 0 Å². The van der Waals surface area contributed by atoms with Gasteiger partial charge in [0, 0.05) is 6.61 Å². The third-order valence-corrected chi connectivity index (χ3v) is 1.31. The van der Waals surface area contributed by atoms with E-state index in [4.69, 9.17) is 5.11 Å². The summed E-state index contributed by atoms with van der Waals surface area (Å²) in [7, 11) is 2.01. The molecule has 0 spiro atoms. The molecule has 0 atom stereocenters. The molecule has 10 heavy (non-hydrogen) atoms. The Kier molecular flexibility index (Phi) is 3.03. The fraction of sp³-hybridized carbons (Fsp3) is 0.250. The van der Waals surface area contributed by atoms with Gasteiger partial charge in [-0.25, -0.2) is 0 Å². The summed E-state index contributed by atoms with van der Waals surface area (Å²) >= 11 is 0. The molecule has 0 saturated heterocycles. The van der Waals surface area contributed by atoms with E-state index < -0.39 is 0 Å². The lowest BCUT2D eigenvalue weighted by molar-refractivity contribution is 0.318. The Bertz CT molecular complexity index is 174.